The molecule has 20 heavy (non-hydrogen) atoms. The number of phenolic OH excluding ortho intramolecular Hbond substituents is 1. The lowest BCUT2D eigenvalue weighted by Crippen LogP contribution is -2.32. The molecule has 1 aromatic rings. The molecule has 0 saturated carbocycles. The zero-order valence-corrected chi connectivity index (χ0v) is 11.1. The van der Waals surface area contributed by atoms with E-state index < -0.39 is 17.5 Å². The second-order valence-corrected chi connectivity index (χ2v) is 4.01. The van der Waals surface area contributed by atoms with Gasteiger partial charge in [-0.05, 0) is 12.1 Å². The summed E-state index contributed by atoms with van der Waals surface area (Å²) in [6.07, 6.45) is 0.109. The first-order valence-electron chi connectivity index (χ1n) is 6.07. The van der Waals surface area contributed by atoms with Crippen LogP contribution in [-0.4, -0.2) is 43.7 Å². The molecule has 0 bridgehead atoms. The van der Waals surface area contributed by atoms with Gasteiger partial charge in [-0.25, -0.2) is 4.39 Å². The minimum Gasteiger partial charge on any atom is -0.507 e. The molecule has 110 valence electrons. The van der Waals surface area contributed by atoms with Gasteiger partial charge in [0.1, 0.15) is 11.6 Å². The molecule has 3 N–H and O–H groups in total. The molecule has 6 nitrogen and oxygen atoms in total. The predicted octanol–water partition coefficient (Wildman–Crippen LogP) is 0.414. The monoisotopic (exact) mass is 284 g/mol. The summed E-state index contributed by atoms with van der Waals surface area (Å²) in [6.45, 7) is 0.943. The van der Waals surface area contributed by atoms with Crippen LogP contribution < -0.4 is 10.6 Å². The van der Waals surface area contributed by atoms with Crippen LogP contribution >= 0.6 is 0 Å². The van der Waals surface area contributed by atoms with Crippen molar-refractivity contribution in [3.8, 4) is 5.75 Å². The van der Waals surface area contributed by atoms with Crippen molar-refractivity contribution in [1.82, 2.24) is 10.6 Å². The SMILES string of the molecule is COCCNC(=O)CCNC(=O)c1ccc(F)cc1O. The summed E-state index contributed by atoms with van der Waals surface area (Å²) in [5.41, 5.74) is -0.0359. The number of halogens is 1. The number of amides is 2. The molecule has 2 amide bonds. The van der Waals surface area contributed by atoms with Gasteiger partial charge in [0, 0.05) is 32.7 Å². The summed E-state index contributed by atoms with van der Waals surface area (Å²) in [5, 5.41) is 14.5. The average Bonchev–Trinajstić information content (AvgIpc) is 2.38. The van der Waals surface area contributed by atoms with E-state index in [4.69, 9.17) is 4.74 Å². The highest BCUT2D eigenvalue weighted by Crippen LogP contribution is 2.17. The number of benzene rings is 1. The number of hydrogen-bond donors (Lipinski definition) is 3. The van der Waals surface area contributed by atoms with E-state index in [-0.39, 0.29) is 24.4 Å². The smallest absolute Gasteiger partial charge is 0.255 e. The molecule has 0 aliphatic heterocycles. The Balaban J connectivity index is 2.34. The van der Waals surface area contributed by atoms with Crippen LogP contribution in [0.4, 0.5) is 4.39 Å². The second-order valence-electron chi connectivity index (χ2n) is 4.01. The van der Waals surface area contributed by atoms with E-state index >= 15 is 0 Å². The number of nitrogens with one attached hydrogen (secondary N) is 2. The van der Waals surface area contributed by atoms with E-state index in [0.29, 0.717) is 13.2 Å². The minimum atomic E-state index is -0.628. The van der Waals surface area contributed by atoms with Crippen LogP contribution in [0, 0.1) is 5.82 Å². The van der Waals surface area contributed by atoms with Crippen molar-refractivity contribution in [2.24, 2.45) is 0 Å². The first kappa shape index (κ1) is 15.9. The molecule has 1 aromatic carbocycles. The molecule has 0 unspecified atom stereocenters. The first-order valence-corrected chi connectivity index (χ1v) is 6.07. The normalized spacial score (nSPS) is 10.1. The second kappa shape index (κ2) is 8.11. The Kier molecular flexibility index (Phi) is 6.45. The van der Waals surface area contributed by atoms with Crippen LogP contribution in [0.2, 0.25) is 0 Å². The van der Waals surface area contributed by atoms with Gasteiger partial charge in [-0.2, -0.15) is 0 Å². The van der Waals surface area contributed by atoms with E-state index in [2.05, 4.69) is 10.6 Å². The van der Waals surface area contributed by atoms with Crippen molar-refractivity contribution >= 4 is 11.8 Å². The lowest BCUT2D eigenvalue weighted by molar-refractivity contribution is -0.121. The summed E-state index contributed by atoms with van der Waals surface area (Å²) < 4.78 is 17.5. The molecule has 0 atom stereocenters. The van der Waals surface area contributed by atoms with E-state index in [1.165, 1.54) is 13.2 Å². The van der Waals surface area contributed by atoms with Gasteiger partial charge in [0.15, 0.2) is 0 Å². The van der Waals surface area contributed by atoms with Gasteiger partial charge in [-0.3, -0.25) is 9.59 Å². The molecule has 0 aliphatic rings. The molecule has 0 radical (unpaired) electrons. The van der Waals surface area contributed by atoms with Crippen molar-refractivity contribution in [3.63, 3.8) is 0 Å². The van der Waals surface area contributed by atoms with Gasteiger partial charge in [-0.1, -0.05) is 0 Å². The van der Waals surface area contributed by atoms with Crippen molar-refractivity contribution in [2.75, 3.05) is 26.8 Å². The van der Waals surface area contributed by atoms with Gasteiger partial charge in [0.2, 0.25) is 5.91 Å². The highest BCUT2D eigenvalue weighted by Gasteiger charge is 2.11. The number of aromatic hydroxyl groups is 1. The fraction of sp³-hybridized carbons (Fsp3) is 0.385. The molecule has 0 aliphatic carbocycles. The van der Waals surface area contributed by atoms with Crippen molar-refractivity contribution in [2.45, 2.75) is 6.42 Å². The molecular formula is C13H17FN2O4. The van der Waals surface area contributed by atoms with Crippen molar-refractivity contribution in [3.05, 3.63) is 29.6 Å². The lowest BCUT2D eigenvalue weighted by Gasteiger charge is -2.07. The Morgan fingerprint density at radius 3 is 2.70 bits per heavy atom. The highest BCUT2D eigenvalue weighted by molar-refractivity contribution is 5.96. The number of methoxy groups -OCH3 is 1. The Morgan fingerprint density at radius 1 is 1.30 bits per heavy atom. The molecule has 0 fully saturated rings. The largest absolute Gasteiger partial charge is 0.507 e. The van der Waals surface area contributed by atoms with Crippen LogP contribution in [0.15, 0.2) is 18.2 Å². The summed E-state index contributed by atoms with van der Waals surface area (Å²) in [5.74, 6) is -1.85. The Morgan fingerprint density at radius 2 is 2.05 bits per heavy atom. The van der Waals surface area contributed by atoms with Crippen LogP contribution in [-0.2, 0) is 9.53 Å². The summed E-state index contributed by atoms with van der Waals surface area (Å²) in [7, 11) is 1.53. The number of carbonyl (C=O) groups excluding carboxylic acids is 2. The maximum Gasteiger partial charge on any atom is 0.255 e. The van der Waals surface area contributed by atoms with Gasteiger partial charge in [0.25, 0.3) is 5.91 Å². The maximum absolute atomic E-state index is 12.8. The van der Waals surface area contributed by atoms with Crippen LogP contribution in [0.5, 0.6) is 5.75 Å². The van der Waals surface area contributed by atoms with Crippen LogP contribution in [0.3, 0.4) is 0 Å². The van der Waals surface area contributed by atoms with E-state index in [0.717, 1.165) is 12.1 Å². The number of ether oxygens (including phenoxy) is 1. The van der Waals surface area contributed by atoms with Gasteiger partial charge >= 0.3 is 0 Å². The third-order valence-corrected chi connectivity index (χ3v) is 2.47. The Bertz CT molecular complexity index is 479. The van der Waals surface area contributed by atoms with Crippen LogP contribution in [0.25, 0.3) is 0 Å². The summed E-state index contributed by atoms with van der Waals surface area (Å²) in [6, 6.07) is 3.11. The maximum atomic E-state index is 12.8. The molecule has 0 heterocycles. The third kappa shape index (κ3) is 5.23. The van der Waals surface area contributed by atoms with Crippen molar-refractivity contribution < 1.29 is 23.8 Å². The first-order chi connectivity index (χ1) is 9.54. The molecular weight excluding hydrogens is 267 g/mol. The van der Waals surface area contributed by atoms with Crippen molar-refractivity contribution in [1.29, 1.82) is 0 Å². The third-order valence-electron chi connectivity index (χ3n) is 2.47. The zero-order valence-electron chi connectivity index (χ0n) is 11.1. The molecule has 0 saturated heterocycles. The summed E-state index contributed by atoms with van der Waals surface area (Å²) >= 11 is 0. The Hall–Kier alpha value is -2.15. The number of carbonyl (C=O) groups is 2. The summed E-state index contributed by atoms with van der Waals surface area (Å²) in [4.78, 5) is 23.0. The lowest BCUT2D eigenvalue weighted by atomic mass is 10.2. The zero-order chi connectivity index (χ0) is 15.0. The standard InChI is InChI=1S/C13H17FN2O4/c1-20-7-6-15-12(18)4-5-16-13(19)10-3-2-9(14)8-11(10)17/h2-3,8,17H,4-7H2,1H3,(H,15,18)(H,16,19). The highest BCUT2D eigenvalue weighted by atomic mass is 19.1. The molecule has 0 spiro atoms. The number of rotatable bonds is 7. The molecule has 0 aromatic heterocycles. The average molecular weight is 284 g/mol. The quantitative estimate of drug-likeness (QED) is 0.633. The van der Waals surface area contributed by atoms with Gasteiger partial charge < -0.3 is 20.5 Å². The minimum absolute atomic E-state index is 0.0359. The fourth-order valence-corrected chi connectivity index (χ4v) is 1.46. The Labute approximate surface area is 115 Å². The van der Waals surface area contributed by atoms with E-state index in [1.54, 1.807) is 0 Å². The number of phenols is 1. The van der Waals surface area contributed by atoms with E-state index in [9.17, 15) is 19.1 Å². The number of hydrogen-bond acceptors (Lipinski definition) is 4. The van der Waals surface area contributed by atoms with Gasteiger partial charge in [0.05, 0.1) is 12.2 Å². The molecule has 1 rings (SSSR count). The predicted molar refractivity (Wildman–Crippen MR) is 69.9 cm³/mol. The molecule has 7 heteroatoms. The van der Waals surface area contributed by atoms with E-state index in [1.807, 2.05) is 0 Å². The fourth-order valence-electron chi connectivity index (χ4n) is 1.46. The van der Waals surface area contributed by atoms with Crippen LogP contribution in [0.1, 0.15) is 16.8 Å². The van der Waals surface area contributed by atoms with Gasteiger partial charge in [-0.15, -0.1) is 0 Å². The topological polar surface area (TPSA) is 87.7 Å².